The number of rotatable bonds is 6. The molecule has 1 aliphatic rings. The van der Waals surface area contributed by atoms with Gasteiger partial charge in [0.25, 0.3) is 0 Å². The second-order valence-corrected chi connectivity index (χ2v) is 6.43. The minimum absolute atomic E-state index is 0.0334. The van der Waals surface area contributed by atoms with Crippen LogP contribution < -0.4 is 5.32 Å². The van der Waals surface area contributed by atoms with Gasteiger partial charge in [0.05, 0.1) is 6.42 Å². The molecule has 1 fully saturated rings. The molecule has 2 rings (SSSR count). The lowest BCUT2D eigenvalue weighted by atomic mass is 9.92. The van der Waals surface area contributed by atoms with Crippen molar-refractivity contribution >= 4 is 5.97 Å². The lowest BCUT2D eigenvalue weighted by Gasteiger charge is -2.28. The normalized spacial score (nSPS) is 17.6. The lowest BCUT2D eigenvalue weighted by molar-refractivity contribution is -0.137. The molecule has 1 atom stereocenters. The van der Waals surface area contributed by atoms with Crippen molar-refractivity contribution in [2.75, 3.05) is 0 Å². The van der Waals surface area contributed by atoms with E-state index >= 15 is 0 Å². The molecule has 116 valence electrons. The van der Waals surface area contributed by atoms with Gasteiger partial charge in [-0.1, -0.05) is 43.0 Å². The highest BCUT2D eigenvalue weighted by atomic mass is 16.4. The number of carboxylic acid groups (broad SMARTS) is 1. The standard InChI is InChI=1S/C18H27NO2/c1-13-8-9-14(2)15(10-13)11-17(12-18(20)21)19-16-6-4-3-5-7-16/h8-10,16-17,19H,3-7,11-12H2,1-2H3,(H,20,21). The molecule has 0 amide bonds. The summed E-state index contributed by atoms with van der Waals surface area (Å²) >= 11 is 0. The summed E-state index contributed by atoms with van der Waals surface area (Å²) in [6.07, 6.45) is 7.21. The van der Waals surface area contributed by atoms with Crippen LogP contribution in [0.1, 0.15) is 55.2 Å². The van der Waals surface area contributed by atoms with Crippen LogP contribution in [-0.4, -0.2) is 23.2 Å². The molecule has 1 aromatic rings. The van der Waals surface area contributed by atoms with E-state index in [4.69, 9.17) is 0 Å². The third-order valence-electron chi connectivity index (χ3n) is 4.47. The number of nitrogens with one attached hydrogen (secondary N) is 1. The Morgan fingerprint density at radius 2 is 2.00 bits per heavy atom. The molecule has 0 spiro atoms. The maximum atomic E-state index is 11.2. The third kappa shape index (κ3) is 5.16. The molecule has 1 saturated carbocycles. The first-order valence-corrected chi connectivity index (χ1v) is 8.08. The minimum Gasteiger partial charge on any atom is -0.481 e. The molecular weight excluding hydrogens is 262 g/mol. The fourth-order valence-corrected chi connectivity index (χ4v) is 3.29. The van der Waals surface area contributed by atoms with E-state index in [0.29, 0.717) is 6.04 Å². The second-order valence-electron chi connectivity index (χ2n) is 6.43. The largest absolute Gasteiger partial charge is 0.481 e. The summed E-state index contributed by atoms with van der Waals surface area (Å²) < 4.78 is 0. The van der Waals surface area contributed by atoms with Crippen LogP contribution >= 0.6 is 0 Å². The van der Waals surface area contributed by atoms with Crippen molar-refractivity contribution in [2.24, 2.45) is 0 Å². The van der Waals surface area contributed by atoms with E-state index in [0.717, 1.165) is 6.42 Å². The van der Waals surface area contributed by atoms with Crippen LogP contribution in [0.25, 0.3) is 0 Å². The Balaban J connectivity index is 2.04. The molecule has 0 heterocycles. The summed E-state index contributed by atoms with van der Waals surface area (Å²) in [6, 6.07) is 6.95. The Morgan fingerprint density at radius 3 is 2.67 bits per heavy atom. The molecule has 0 radical (unpaired) electrons. The van der Waals surface area contributed by atoms with E-state index in [9.17, 15) is 9.90 Å². The van der Waals surface area contributed by atoms with Crippen LogP contribution in [-0.2, 0) is 11.2 Å². The molecule has 1 aliphatic carbocycles. The van der Waals surface area contributed by atoms with Crippen LogP contribution in [0.3, 0.4) is 0 Å². The molecule has 1 aromatic carbocycles. The van der Waals surface area contributed by atoms with Gasteiger partial charge in [-0.2, -0.15) is 0 Å². The Kier molecular flexibility index (Phi) is 5.80. The molecule has 3 heteroatoms. The van der Waals surface area contributed by atoms with Gasteiger partial charge in [-0.15, -0.1) is 0 Å². The zero-order valence-corrected chi connectivity index (χ0v) is 13.2. The SMILES string of the molecule is Cc1ccc(C)c(CC(CC(=O)O)NC2CCCCC2)c1. The van der Waals surface area contributed by atoms with E-state index in [1.54, 1.807) is 0 Å². The number of aliphatic carboxylic acids is 1. The number of benzene rings is 1. The van der Waals surface area contributed by atoms with Crippen molar-refractivity contribution in [1.29, 1.82) is 0 Å². The van der Waals surface area contributed by atoms with E-state index in [-0.39, 0.29) is 12.5 Å². The van der Waals surface area contributed by atoms with E-state index in [1.807, 2.05) is 0 Å². The van der Waals surface area contributed by atoms with Crippen molar-refractivity contribution in [3.05, 3.63) is 34.9 Å². The maximum Gasteiger partial charge on any atom is 0.304 e. The molecule has 0 aromatic heterocycles. The molecule has 2 N–H and O–H groups in total. The Hall–Kier alpha value is -1.35. The van der Waals surface area contributed by atoms with E-state index < -0.39 is 5.97 Å². The predicted octanol–water partition coefficient (Wildman–Crippen LogP) is 3.61. The number of carboxylic acids is 1. The molecule has 1 unspecified atom stereocenters. The number of hydrogen-bond donors (Lipinski definition) is 2. The summed E-state index contributed by atoms with van der Waals surface area (Å²) in [6.45, 7) is 4.19. The van der Waals surface area contributed by atoms with Gasteiger partial charge in [0.2, 0.25) is 0 Å². The van der Waals surface area contributed by atoms with Gasteiger partial charge in [-0.3, -0.25) is 4.79 Å². The van der Waals surface area contributed by atoms with E-state index in [1.165, 1.54) is 48.8 Å². The highest BCUT2D eigenvalue weighted by Gasteiger charge is 2.20. The van der Waals surface area contributed by atoms with Gasteiger partial charge in [-0.05, 0) is 44.2 Å². The number of hydrogen-bond acceptors (Lipinski definition) is 2. The summed E-state index contributed by atoms with van der Waals surface area (Å²) in [5.74, 6) is -0.714. The maximum absolute atomic E-state index is 11.2. The fourth-order valence-electron chi connectivity index (χ4n) is 3.29. The van der Waals surface area contributed by atoms with Gasteiger partial charge in [0, 0.05) is 12.1 Å². The van der Waals surface area contributed by atoms with Crippen molar-refractivity contribution < 1.29 is 9.90 Å². The molecule has 0 aliphatic heterocycles. The van der Waals surface area contributed by atoms with Gasteiger partial charge in [0.15, 0.2) is 0 Å². The average Bonchev–Trinajstić information content (AvgIpc) is 2.43. The zero-order chi connectivity index (χ0) is 15.2. The molecule has 21 heavy (non-hydrogen) atoms. The topological polar surface area (TPSA) is 49.3 Å². The van der Waals surface area contributed by atoms with Crippen LogP contribution in [0, 0.1) is 13.8 Å². The van der Waals surface area contributed by atoms with Gasteiger partial charge >= 0.3 is 5.97 Å². The van der Waals surface area contributed by atoms with Crippen LogP contribution in [0.2, 0.25) is 0 Å². The van der Waals surface area contributed by atoms with Crippen molar-refractivity contribution in [3.8, 4) is 0 Å². The zero-order valence-electron chi connectivity index (χ0n) is 13.2. The summed E-state index contributed by atoms with van der Waals surface area (Å²) in [5.41, 5.74) is 3.76. The van der Waals surface area contributed by atoms with Gasteiger partial charge < -0.3 is 10.4 Å². The summed E-state index contributed by atoms with van der Waals surface area (Å²) in [4.78, 5) is 11.2. The highest BCUT2D eigenvalue weighted by molar-refractivity contribution is 5.67. The van der Waals surface area contributed by atoms with Crippen molar-refractivity contribution in [2.45, 2.75) is 70.9 Å². The molecule has 0 bridgehead atoms. The van der Waals surface area contributed by atoms with Crippen molar-refractivity contribution in [1.82, 2.24) is 5.32 Å². The minimum atomic E-state index is -0.714. The number of carbonyl (C=O) groups is 1. The molecule has 0 saturated heterocycles. The van der Waals surface area contributed by atoms with Crippen LogP contribution in [0.15, 0.2) is 18.2 Å². The second kappa shape index (κ2) is 7.60. The summed E-state index contributed by atoms with van der Waals surface area (Å²) in [7, 11) is 0. The quantitative estimate of drug-likeness (QED) is 0.841. The monoisotopic (exact) mass is 289 g/mol. The van der Waals surface area contributed by atoms with Crippen LogP contribution in [0.4, 0.5) is 0 Å². The highest BCUT2D eigenvalue weighted by Crippen LogP contribution is 2.20. The first kappa shape index (κ1) is 16.0. The smallest absolute Gasteiger partial charge is 0.304 e. The Bertz CT molecular complexity index is 478. The molecular formula is C18H27NO2. The van der Waals surface area contributed by atoms with Crippen LogP contribution in [0.5, 0.6) is 0 Å². The third-order valence-corrected chi connectivity index (χ3v) is 4.47. The molecule has 3 nitrogen and oxygen atoms in total. The van der Waals surface area contributed by atoms with Gasteiger partial charge in [0.1, 0.15) is 0 Å². The average molecular weight is 289 g/mol. The Labute approximate surface area is 127 Å². The van der Waals surface area contributed by atoms with E-state index in [2.05, 4.69) is 37.4 Å². The first-order valence-electron chi connectivity index (χ1n) is 8.08. The fraction of sp³-hybridized carbons (Fsp3) is 0.611. The first-order chi connectivity index (χ1) is 10.0. The van der Waals surface area contributed by atoms with Gasteiger partial charge in [-0.25, -0.2) is 0 Å². The lowest BCUT2D eigenvalue weighted by Crippen LogP contribution is -2.42. The number of aryl methyl sites for hydroxylation is 2. The summed E-state index contributed by atoms with van der Waals surface area (Å²) in [5, 5.41) is 12.8. The van der Waals surface area contributed by atoms with Crippen molar-refractivity contribution in [3.63, 3.8) is 0 Å². The predicted molar refractivity (Wildman–Crippen MR) is 85.7 cm³/mol. The Morgan fingerprint density at radius 1 is 1.29 bits per heavy atom.